The van der Waals surface area contributed by atoms with Gasteiger partial charge >= 0.3 is 5.69 Å². The van der Waals surface area contributed by atoms with E-state index in [0.717, 1.165) is 4.57 Å². The van der Waals surface area contributed by atoms with Crippen LogP contribution in [0.2, 0.25) is 0 Å². The Hall–Kier alpha value is -3.34. The molecule has 0 amide bonds. The van der Waals surface area contributed by atoms with Crippen LogP contribution in [0.25, 0.3) is 0 Å². The summed E-state index contributed by atoms with van der Waals surface area (Å²) < 4.78 is 14.5. The zero-order chi connectivity index (χ0) is 16.7. The summed E-state index contributed by atoms with van der Waals surface area (Å²) in [5, 5.41) is 12.1. The first kappa shape index (κ1) is 14.6. The van der Waals surface area contributed by atoms with E-state index in [9.17, 15) is 19.2 Å². The number of hydrogen-bond donors (Lipinski definition) is 3. The maximum atomic E-state index is 13.6. The third-order valence-electron chi connectivity index (χ3n) is 3.77. The van der Waals surface area contributed by atoms with Gasteiger partial charge in [-0.15, -0.1) is 0 Å². The highest BCUT2D eigenvalue weighted by Crippen LogP contribution is 2.37. The first-order chi connectivity index (χ1) is 10.9. The maximum Gasteiger partial charge on any atom is 0.329 e. The van der Waals surface area contributed by atoms with Gasteiger partial charge in [-0.05, 0) is 17.7 Å². The Morgan fingerprint density at radius 1 is 1.39 bits per heavy atom. The van der Waals surface area contributed by atoms with Gasteiger partial charge in [-0.2, -0.15) is 5.26 Å². The molecule has 2 aromatic rings. The molecule has 2 heterocycles. The van der Waals surface area contributed by atoms with Crippen molar-refractivity contribution in [2.24, 2.45) is 12.8 Å². The Morgan fingerprint density at radius 2 is 2.13 bits per heavy atom. The van der Waals surface area contributed by atoms with Crippen molar-refractivity contribution in [2.75, 3.05) is 5.32 Å². The van der Waals surface area contributed by atoms with Crippen LogP contribution in [0.3, 0.4) is 0 Å². The van der Waals surface area contributed by atoms with Gasteiger partial charge in [0.15, 0.2) is 0 Å². The lowest BCUT2D eigenvalue weighted by Gasteiger charge is -2.26. The predicted octanol–water partition coefficient (Wildman–Crippen LogP) is 0.464. The van der Waals surface area contributed by atoms with Crippen molar-refractivity contribution in [1.29, 1.82) is 5.26 Å². The first-order valence-electron chi connectivity index (χ1n) is 6.69. The molecule has 0 fully saturated rings. The van der Waals surface area contributed by atoms with Crippen molar-refractivity contribution in [2.45, 2.75) is 5.92 Å². The number of nitrogens with one attached hydrogen (secondary N) is 2. The number of allylic oxidation sites excluding steroid dienone is 1. The lowest BCUT2D eigenvalue weighted by molar-refractivity contribution is 0.624. The molecule has 1 atom stereocenters. The predicted molar refractivity (Wildman–Crippen MR) is 81.0 cm³/mol. The summed E-state index contributed by atoms with van der Waals surface area (Å²) in [7, 11) is 1.32. The van der Waals surface area contributed by atoms with Gasteiger partial charge in [0, 0.05) is 7.05 Å². The van der Waals surface area contributed by atoms with Gasteiger partial charge in [0.25, 0.3) is 5.56 Å². The standard InChI is InChI=1S/C15H12FN5O2/c1-21-14(22)11-10(7-3-2-4-8(16)5-7)9(6-17)12(18)19-13(11)20-15(21)23/h2-5,10,19H,18H2,1H3,(H,20,23)/t10-/m0/s1. The van der Waals surface area contributed by atoms with E-state index in [-0.39, 0.29) is 22.8 Å². The molecule has 0 aliphatic carbocycles. The second-order valence-electron chi connectivity index (χ2n) is 5.14. The summed E-state index contributed by atoms with van der Waals surface area (Å²) in [5.74, 6) is -1.23. The summed E-state index contributed by atoms with van der Waals surface area (Å²) in [5.41, 5.74) is 5.27. The average molecular weight is 313 g/mol. The van der Waals surface area contributed by atoms with E-state index in [0.29, 0.717) is 5.56 Å². The average Bonchev–Trinajstić information content (AvgIpc) is 2.51. The largest absolute Gasteiger partial charge is 0.384 e. The summed E-state index contributed by atoms with van der Waals surface area (Å²) in [6.45, 7) is 0. The van der Waals surface area contributed by atoms with Gasteiger partial charge < -0.3 is 11.1 Å². The van der Waals surface area contributed by atoms with Crippen LogP contribution in [0.4, 0.5) is 10.2 Å². The Balaban J connectivity index is 2.38. The number of halogens is 1. The molecule has 116 valence electrons. The van der Waals surface area contributed by atoms with Crippen LogP contribution in [0.15, 0.2) is 45.2 Å². The SMILES string of the molecule is Cn1c(=O)[nH]c2c(c1=O)[C@@H](c1cccc(F)c1)C(C#N)=C(N)N2. The quantitative estimate of drug-likeness (QED) is 0.707. The second-order valence-corrected chi connectivity index (χ2v) is 5.14. The number of nitriles is 1. The molecule has 23 heavy (non-hydrogen) atoms. The number of anilines is 1. The van der Waals surface area contributed by atoms with Crippen molar-refractivity contribution >= 4 is 5.82 Å². The third-order valence-corrected chi connectivity index (χ3v) is 3.77. The summed E-state index contributed by atoms with van der Waals surface area (Å²) in [4.78, 5) is 26.8. The molecule has 0 saturated heterocycles. The lowest BCUT2D eigenvalue weighted by Crippen LogP contribution is -2.40. The highest BCUT2D eigenvalue weighted by atomic mass is 19.1. The maximum absolute atomic E-state index is 13.6. The molecule has 4 N–H and O–H groups in total. The van der Waals surface area contributed by atoms with Crippen LogP contribution in [-0.2, 0) is 7.05 Å². The van der Waals surface area contributed by atoms with Crippen molar-refractivity contribution in [3.05, 3.63) is 73.4 Å². The number of rotatable bonds is 1. The number of nitrogens with two attached hydrogens (primary N) is 1. The second kappa shape index (κ2) is 5.14. The van der Waals surface area contributed by atoms with Gasteiger partial charge in [0.2, 0.25) is 0 Å². The minimum absolute atomic E-state index is 0.0122. The van der Waals surface area contributed by atoms with Gasteiger partial charge in [-0.25, -0.2) is 9.18 Å². The normalized spacial score (nSPS) is 16.5. The molecular weight excluding hydrogens is 301 g/mol. The number of nitrogens with zero attached hydrogens (tertiary/aromatic N) is 2. The molecule has 1 aliphatic heterocycles. The molecule has 0 bridgehead atoms. The number of H-pyrrole nitrogens is 1. The Bertz CT molecular complexity index is 996. The number of aromatic nitrogens is 2. The Labute approximate surface area is 129 Å². The van der Waals surface area contributed by atoms with E-state index in [1.165, 1.54) is 25.2 Å². The van der Waals surface area contributed by atoms with Crippen molar-refractivity contribution in [3.8, 4) is 6.07 Å². The molecule has 0 radical (unpaired) electrons. The first-order valence-corrected chi connectivity index (χ1v) is 6.69. The fourth-order valence-electron chi connectivity index (χ4n) is 2.65. The van der Waals surface area contributed by atoms with Crippen LogP contribution in [0.5, 0.6) is 0 Å². The van der Waals surface area contributed by atoms with Crippen LogP contribution in [0, 0.1) is 17.1 Å². The van der Waals surface area contributed by atoms with E-state index in [2.05, 4.69) is 10.3 Å². The van der Waals surface area contributed by atoms with E-state index < -0.39 is 23.0 Å². The van der Waals surface area contributed by atoms with Crippen molar-refractivity contribution < 1.29 is 4.39 Å². The van der Waals surface area contributed by atoms with E-state index in [1.54, 1.807) is 6.07 Å². The smallest absolute Gasteiger partial charge is 0.329 e. The van der Waals surface area contributed by atoms with E-state index in [1.807, 2.05) is 6.07 Å². The molecule has 1 aromatic carbocycles. The van der Waals surface area contributed by atoms with Gasteiger partial charge in [-0.3, -0.25) is 14.3 Å². The summed E-state index contributed by atoms with van der Waals surface area (Å²) >= 11 is 0. The van der Waals surface area contributed by atoms with Crippen LogP contribution >= 0.6 is 0 Å². The zero-order valence-electron chi connectivity index (χ0n) is 12.1. The summed E-state index contributed by atoms with van der Waals surface area (Å²) in [6, 6.07) is 7.52. The minimum Gasteiger partial charge on any atom is -0.384 e. The molecule has 7 nitrogen and oxygen atoms in total. The van der Waals surface area contributed by atoms with Gasteiger partial charge in [0.1, 0.15) is 17.5 Å². The van der Waals surface area contributed by atoms with Crippen LogP contribution in [0.1, 0.15) is 17.0 Å². The molecule has 0 unspecified atom stereocenters. The molecule has 3 rings (SSSR count). The fourth-order valence-corrected chi connectivity index (χ4v) is 2.65. The molecule has 8 heteroatoms. The molecular formula is C15H12FN5O2. The lowest BCUT2D eigenvalue weighted by atomic mass is 9.84. The number of benzene rings is 1. The highest BCUT2D eigenvalue weighted by molar-refractivity contribution is 5.63. The number of fused-ring (bicyclic) bond motifs is 1. The Morgan fingerprint density at radius 3 is 2.78 bits per heavy atom. The number of hydrogen-bond acceptors (Lipinski definition) is 5. The molecule has 1 aliphatic rings. The zero-order valence-corrected chi connectivity index (χ0v) is 12.1. The molecule has 1 aromatic heterocycles. The topological polar surface area (TPSA) is 117 Å². The van der Waals surface area contributed by atoms with E-state index in [4.69, 9.17) is 5.73 Å². The van der Waals surface area contributed by atoms with Crippen molar-refractivity contribution in [3.63, 3.8) is 0 Å². The third kappa shape index (κ3) is 2.19. The Kier molecular flexibility index (Phi) is 3.26. The van der Waals surface area contributed by atoms with E-state index >= 15 is 0 Å². The summed E-state index contributed by atoms with van der Waals surface area (Å²) in [6.07, 6.45) is 0. The highest BCUT2D eigenvalue weighted by Gasteiger charge is 2.33. The minimum atomic E-state index is -0.859. The number of aromatic amines is 1. The van der Waals surface area contributed by atoms with Crippen molar-refractivity contribution in [1.82, 2.24) is 9.55 Å². The van der Waals surface area contributed by atoms with Gasteiger partial charge in [0.05, 0.1) is 23.1 Å². The molecule has 0 saturated carbocycles. The fraction of sp³-hybridized carbons (Fsp3) is 0.133. The molecule has 0 spiro atoms. The van der Waals surface area contributed by atoms with Crippen LogP contribution < -0.4 is 22.3 Å². The monoisotopic (exact) mass is 313 g/mol. The van der Waals surface area contributed by atoms with Crippen LogP contribution in [-0.4, -0.2) is 9.55 Å². The van der Waals surface area contributed by atoms with Gasteiger partial charge in [-0.1, -0.05) is 12.1 Å².